The van der Waals surface area contributed by atoms with Gasteiger partial charge in [-0.3, -0.25) is 86.9 Å². The van der Waals surface area contributed by atoms with Gasteiger partial charge in [0.05, 0.1) is 50.7 Å². The molecule has 0 bridgehead atoms. The van der Waals surface area contributed by atoms with Crippen LogP contribution in [-0.4, -0.2) is 301 Å². The summed E-state index contributed by atoms with van der Waals surface area (Å²) in [7, 11) is 5.10. The third kappa shape index (κ3) is 28.6. The second kappa shape index (κ2) is 47.7. The number of fused-ring (bicyclic) bond motifs is 3. The highest BCUT2D eigenvalue weighted by atomic mass is 32.2. The number of aromatic nitrogens is 4. The number of carbonyl (C=O) groups excluding carboxylic acids is 17. The third-order valence-electron chi connectivity index (χ3n) is 22.0. The third-order valence-corrected chi connectivity index (χ3v) is 23.1. The van der Waals surface area contributed by atoms with Crippen LogP contribution in [-0.2, 0) is 107 Å². The quantitative estimate of drug-likeness (QED) is 0.0132. The number of amides is 16. The van der Waals surface area contributed by atoms with Crippen molar-refractivity contribution in [1.82, 2.24) is 97.6 Å². The number of aliphatic hydroxyl groups is 1. The summed E-state index contributed by atoms with van der Waals surface area (Å²) in [4.78, 5) is 265. The van der Waals surface area contributed by atoms with E-state index in [9.17, 15) is 77.0 Å². The summed E-state index contributed by atoms with van der Waals surface area (Å²) >= 11 is 0.770. The van der Waals surface area contributed by atoms with Crippen LogP contribution in [0.4, 0.5) is 0 Å². The minimum absolute atomic E-state index is 0.00591. The van der Waals surface area contributed by atoms with Gasteiger partial charge in [0.2, 0.25) is 94.5 Å². The minimum atomic E-state index is -1.85. The number of ketones is 1. The van der Waals surface area contributed by atoms with E-state index in [4.69, 9.17) is 22.6 Å². The first-order chi connectivity index (χ1) is 60.5. The van der Waals surface area contributed by atoms with E-state index in [0.717, 1.165) is 36.3 Å². The van der Waals surface area contributed by atoms with Crippen molar-refractivity contribution in [3.05, 3.63) is 126 Å². The summed E-state index contributed by atoms with van der Waals surface area (Å²) in [6, 6.07) is 5.65. The summed E-state index contributed by atoms with van der Waals surface area (Å²) in [5, 5.41) is 46.2. The number of likely N-dealkylation sites (N-methyl/N-ethyl adjacent to an activating group) is 4. The van der Waals surface area contributed by atoms with Crippen LogP contribution in [0.3, 0.4) is 0 Å². The van der Waals surface area contributed by atoms with Gasteiger partial charge in [-0.25, -0.2) is 4.98 Å². The van der Waals surface area contributed by atoms with Gasteiger partial charge >= 0.3 is 0 Å². The largest absolute Gasteiger partial charge is 0.394 e. The molecule has 0 unspecified atom stereocenters. The molecule has 2 saturated heterocycles. The number of carbonyl (C=O) groups is 17. The molecule has 5 heterocycles. The lowest BCUT2D eigenvalue weighted by Crippen LogP contribution is -2.60. The number of nitrogens with one attached hydrogen (secondary N) is 14. The van der Waals surface area contributed by atoms with Crippen LogP contribution in [0.25, 0.3) is 21.8 Å². The molecule has 0 aliphatic carbocycles. The Labute approximate surface area is 737 Å². The zero-order chi connectivity index (χ0) is 92.9. The smallest absolute Gasteiger partial charge is 0.246 e. The number of guanidine groups is 1. The second-order valence-corrected chi connectivity index (χ2v) is 33.2. The number of hydrogen-bond acceptors (Lipinski definition) is 21. The molecule has 16 amide bonds. The zero-order valence-corrected chi connectivity index (χ0v) is 73.2. The van der Waals surface area contributed by atoms with Gasteiger partial charge in [-0.05, 0) is 80.2 Å². The molecule has 12 atom stereocenters. The first kappa shape index (κ1) is 99.1. The van der Waals surface area contributed by atoms with Crippen LogP contribution in [0.1, 0.15) is 108 Å². The Balaban J connectivity index is 1.16. The summed E-state index contributed by atoms with van der Waals surface area (Å²) in [6.07, 6.45) is 4.94. The van der Waals surface area contributed by atoms with Gasteiger partial charge in [0.15, 0.2) is 11.7 Å². The van der Waals surface area contributed by atoms with Crippen LogP contribution in [0, 0.1) is 17.2 Å². The van der Waals surface area contributed by atoms with Gasteiger partial charge in [0.25, 0.3) is 0 Å². The Bertz CT molecular complexity index is 4930. The Morgan fingerprint density at radius 3 is 1.75 bits per heavy atom. The van der Waals surface area contributed by atoms with Gasteiger partial charge in [-0.15, -0.1) is 11.8 Å². The molecule has 0 spiro atoms. The molecule has 8 rings (SSSR count). The number of aromatic amines is 3. The summed E-state index contributed by atoms with van der Waals surface area (Å²) in [6.45, 7) is 3.20. The lowest BCUT2D eigenvalue weighted by Gasteiger charge is -2.34. The van der Waals surface area contributed by atoms with Crippen molar-refractivity contribution in [1.29, 1.82) is 5.41 Å². The maximum atomic E-state index is 15.5. The molecular weight excluding hydrogens is 1660 g/mol. The maximum absolute atomic E-state index is 15.5. The molecule has 41 nitrogen and oxygen atoms in total. The molecule has 3 aromatic carbocycles. The minimum Gasteiger partial charge on any atom is -0.394 e. The van der Waals surface area contributed by atoms with Crippen LogP contribution in [0.5, 0.6) is 0 Å². The number of hydrogen-bond donors (Lipinski definition) is 18. The van der Waals surface area contributed by atoms with Gasteiger partial charge in [0, 0.05) is 119 Å². The summed E-state index contributed by atoms with van der Waals surface area (Å²) < 4.78 is 0. The first-order valence-corrected chi connectivity index (χ1v) is 43.1. The van der Waals surface area contributed by atoms with E-state index in [1.807, 2.05) is 6.92 Å². The number of aliphatic hydroxyl groups excluding tert-OH is 1. The van der Waals surface area contributed by atoms with Crippen molar-refractivity contribution in [3.8, 4) is 0 Å². The fourth-order valence-corrected chi connectivity index (χ4v) is 15.9. The van der Waals surface area contributed by atoms with Crippen molar-refractivity contribution in [3.63, 3.8) is 0 Å². The van der Waals surface area contributed by atoms with Gasteiger partial charge in [-0.1, -0.05) is 100 Å². The molecule has 0 saturated carbocycles. The van der Waals surface area contributed by atoms with Gasteiger partial charge < -0.3 is 115 Å². The van der Waals surface area contributed by atoms with Crippen LogP contribution in [0.15, 0.2) is 104 Å². The molecule has 6 aromatic rings. The lowest BCUT2D eigenvalue weighted by atomic mass is 9.95. The molecule has 42 heteroatoms. The number of thioether (sulfide) groups is 1. The number of imidazole rings is 1. The molecule has 0 radical (unpaired) electrons. The molecule has 686 valence electrons. The number of benzene rings is 3. The number of H-pyrrole nitrogens is 3. The highest BCUT2D eigenvalue weighted by Gasteiger charge is 2.44. The molecule has 21 N–H and O–H groups in total. The maximum Gasteiger partial charge on any atom is 0.246 e. The molecule has 3 aromatic heterocycles. The summed E-state index contributed by atoms with van der Waals surface area (Å²) in [5.41, 5.74) is 19.9. The molecule has 127 heavy (non-hydrogen) atoms. The average Bonchev–Trinajstić information content (AvgIpc) is 1.75. The van der Waals surface area contributed by atoms with E-state index in [0.29, 0.717) is 57.0 Å². The number of rotatable bonds is 23. The number of para-hydroxylation sites is 2. The Hall–Kier alpha value is -13.3. The van der Waals surface area contributed by atoms with Crippen molar-refractivity contribution in [2.75, 3.05) is 79.0 Å². The SMILES string of the molecule is CCCC[C@H]1C(=O)N(C)CC(=O)[C@@H](CCCNC(=N)N)C(=O)N[C@H](C(=O)NCC(N)=O)CSCC(=O)N[C@@H](Cc2ccccc2)C(=O)N(C)[C@@H](C)C(=O)N[C@@H](CC(N)=O)C(=O)N2CCC[C@H]2C(=O)N[C@@H](Cc2cnc[nH]2)C(=O)N[C@@H](CC(C)C)C(=O)N(C)CC(=O)N[C@@H](Cc2c[nH]c3ccccc23)C(=O)N[C@@H](CO)C(=O)N[C@@H](Cc2c[nH]c3ccccc23)C(=O)N1C. The van der Waals surface area contributed by atoms with Crippen LogP contribution >= 0.6 is 11.8 Å². The monoisotopic (exact) mass is 1780 g/mol. The average molecular weight is 1780 g/mol. The highest BCUT2D eigenvalue weighted by Crippen LogP contribution is 2.26. The van der Waals surface area contributed by atoms with Crippen molar-refractivity contribution in [2.24, 2.45) is 29.0 Å². The number of nitrogens with two attached hydrogens (primary N) is 3. The number of unbranched alkanes of at least 4 members (excludes halogenated alkanes) is 1. The van der Waals surface area contributed by atoms with Gasteiger partial charge in [-0.2, -0.15) is 0 Å². The van der Waals surface area contributed by atoms with Crippen LogP contribution in [0.2, 0.25) is 0 Å². The molecule has 2 aliphatic heterocycles. The molecule has 2 fully saturated rings. The Kier molecular flexibility index (Phi) is 37.2. The van der Waals surface area contributed by atoms with E-state index in [1.165, 1.54) is 47.6 Å². The fourth-order valence-electron chi connectivity index (χ4n) is 15.1. The number of nitrogens with zero attached hydrogens (tertiary/aromatic N) is 6. The first-order valence-electron chi connectivity index (χ1n) is 42.0. The van der Waals surface area contributed by atoms with Crippen molar-refractivity contribution in [2.45, 2.75) is 178 Å². The Morgan fingerprint density at radius 2 is 1.14 bits per heavy atom. The predicted octanol–water partition coefficient (Wildman–Crippen LogP) is -3.00. The topological polar surface area (TPSA) is 609 Å². The van der Waals surface area contributed by atoms with E-state index in [2.05, 4.69) is 73.1 Å². The molecule has 2 aliphatic rings. The summed E-state index contributed by atoms with van der Waals surface area (Å²) in [5.74, 6) is -19.1. The zero-order valence-electron chi connectivity index (χ0n) is 72.4. The van der Waals surface area contributed by atoms with Crippen LogP contribution < -0.4 is 70.4 Å². The van der Waals surface area contributed by atoms with Crippen molar-refractivity contribution < 1.29 is 86.6 Å². The molecular formula is C85H117N23O18S. The van der Waals surface area contributed by atoms with Crippen molar-refractivity contribution >= 4 is 140 Å². The number of Topliss-reactive ketones (excluding diaryl/α,β-unsaturated/α-hetero) is 1. The normalized spacial score (nSPS) is 23.3. The fraction of sp³-hybridized carbons (Fsp3) is 0.494. The second-order valence-electron chi connectivity index (χ2n) is 32.2. The standard InChI is InChI=1S/C85H117N23O18S/c1-9-10-27-67-84(126)104(5)41-68(110)55(24-18-29-91-85(88)89)74(116)103-65(75(117)94-40-70(87)112)44-127-45-72(114)97-61(32-49-20-12-11-13-21-49)81(123)106(7)48(4)73(115)99-63(36-69(86)111)83(125)108-30-19-28-66(108)79(121)98-59(35-52-39-90-46-95-52)77(119)100-60(31-47(2)3)80(122)105(6)42-71(113)96-58(33-50-37-92-56-25-16-14-22-53(50)56)76(118)102-64(43-109)78(120)101-62(82(124)107(67)8)34-51-38-93-57-26-17-15-23-54(51)57/h11-17,20-23,25-26,37-39,46-48,55,58-67,92-93,109H,9-10,18-19,24,27-36,40-45H2,1-8H3,(H2,86,111)(H2,87,112)(H,90,95)(H,94,117)(H,96,113)(H,97,114)(H,98,121)(H,99,115)(H,100,119)(H,101,120)(H,102,118)(H,103,116)(H4,88,89,91)/t48-,55+,58-,59-,60-,61-,62-,63-,64-,65-,66-,67-/m0/s1. The number of primary amides is 2. The highest BCUT2D eigenvalue weighted by molar-refractivity contribution is 8.00. The van der Waals surface area contributed by atoms with E-state index >= 15 is 9.59 Å². The lowest BCUT2D eigenvalue weighted by molar-refractivity contribution is -0.147. The predicted molar refractivity (Wildman–Crippen MR) is 468 cm³/mol. The van der Waals surface area contributed by atoms with E-state index in [1.54, 1.807) is 105 Å². The van der Waals surface area contributed by atoms with E-state index < -0.39 is 223 Å². The Morgan fingerprint density at radius 1 is 0.575 bits per heavy atom. The van der Waals surface area contributed by atoms with E-state index in [-0.39, 0.29) is 83.2 Å². The van der Waals surface area contributed by atoms with Gasteiger partial charge in [0.1, 0.15) is 66.5 Å².